The van der Waals surface area contributed by atoms with Crippen molar-refractivity contribution in [3.8, 4) is 5.75 Å². The predicted octanol–water partition coefficient (Wildman–Crippen LogP) is 3.57. The van der Waals surface area contributed by atoms with Crippen LogP contribution in [-0.2, 0) is 22.7 Å². The van der Waals surface area contributed by atoms with E-state index < -0.39 is 0 Å². The van der Waals surface area contributed by atoms with Crippen LogP contribution in [0.2, 0.25) is 0 Å². The first kappa shape index (κ1) is 16.1. The summed E-state index contributed by atoms with van der Waals surface area (Å²) < 4.78 is 12.7. The molecule has 5 heteroatoms. The Hall–Kier alpha value is -2.82. The minimum absolute atomic E-state index is 0.193. The summed E-state index contributed by atoms with van der Waals surface area (Å²) in [7, 11) is 1.41. The number of para-hydroxylation sites is 3. The van der Waals surface area contributed by atoms with E-state index in [1.807, 2.05) is 54.6 Å². The van der Waals surface area contributed by atoms with Crippen LogP contribution in [0.15, 0.2) is 54.6 Å². The second-order valence-electron chi connectivity index (χ2n) is 5.45. The molecule has 0 spiro atoms. The normalized spacial score (nSPS) is 10.7. The van der Waals surface area contributed by atoms with Gasteiger partial charge in [-0.3, -0.25) is 4.79 Å². The number of ether oxygens (including phenoxy) is 2. The zero-order valence-electron chi connectivity index (χ0n) is 13.6. The average Bonchev–Trinajstić information content (AvgIpc) is 2.98. The molecule has 0 aliphatic carbocycles. The van der Waals surface area contributed by atoms with Gasteiger partial charge in [-0.05, 0) is 30.7 Å². The maximum Gasteiger partial charge on any atom is 0.305 e. The number of methoxy groups -OCH3 is 1. The van der Waals surface area contributed by atoms with Crippen molar-refractivity contribution in [2.24, 2.45) is 0 Å². The van der Waals surface area contributed by atoms with Crippen molar-refractivity contribution in [2.45, 2.75) is 26.0 Å². The van der Waals surface area contributed by atoms with Gasteiger partial charge in [0.2, 0.25) is 0 Å². The van der Waals surface area contributed by atoms with Crippen LogP contribution >= 0.6 is 0 Å². The van der Waals surface area contributed by atoms with E-state index in [-0.39, 0.29) is 5.97 Å². The van der Waals surface area contributed by atoms with Crippen molar-refractivity contribution >= 4 is 17.0 Å². The molecular weight excluding hydrogens is 304 g/mol. The number of carbonyl (C=O) groups excluding carboxylic acids is 1. The molecule has 0 radical (unpaired) electrons. The number of aryl methyl sites for hydroxylation is 1. The van der Waals surface area contributed by atoms with E-state index in [0.29, 0.717) is 26.0 Å². The summed E-state index contributed by atoms with van der Waals surface area (Å²) in [5.41, 5.74) is 1.98. The lowest BCUT2D eigenvalue weighted by Crippen LogP contribution is -2.09. The number of hydrogen-bond acceptors (Lipinski definition) is 4. The molecule has 124 valence electrons. The Morgan fingerprint density at radius 1 is 1.08 bits per heavy atom. The zero-order chi connectivity index (χ0) is 16.8. The molecule has 0 fully saturated rings. The van der Waals surface area contributed by atoms with E-state index in [1.54, 1.807) is 0 Å². The van der Waals surface area contributed by atoms with Gasteiger partial charge < -0.3 is 14.0 Å². The molecular formula is C19H20N2O3. The van der Waals surface area contributed by atoms with Crippen LogP contribution in [-0.4, -0.2) is 22.6 Å². The van der Waals surface area contributed by atoms with Gasteiger partial charge in [0.25, 0.3) is 0 Å². The third-order valence-electron chi connectivity index (χ3n) is 3.84. The first-order valence-corrected chi connectivity index (χ1v) is 7.97. The van der Waals surface area contributed by atoms with Crippen LogP contribution in [0.4, 0.5) is 0 Å². The number of hydrogen-bond donors (Lipinski definition) is 0. The van der Waals surface area contributed by atoms with E-state index in [2.05, 4.69) is 9.55 Å². The van der Waals surface area contributed by atoms with Crippen molar-refractivity contribution in [2.75, 3.05) is 7.11 Å². The smallest absolute Gasteiger partial charge is 0.305 e. The van der Waals surface area contributed by atoms with Crippen molar-refractivity contribution in [3.63, 3.8) is 0 Å². The molecule has 3 aromatic rings. The molecule has 0 bridgehead atoms. The first-order chi connectivity index (χ1) is 11.8. The second kappa shape index (κ2) is 7.64. The highest BCUT2D eigenvalue weighted by Crippen LogP contribution is 2.19. The molecule has 5 nitrogen and oxygen atoms in total. The quantitative estimate of drug-likeness (QED) is 0.624. The van der Waals surface area contributed by atoms with Crippen molar-refractivity contribution in [3.05, 3.63) is 60.4 Å². The maximum absolute atomic E-state index is 11.3. The van der Waals surface area contributed by atoms with Crippen molar-refractivity contribution in [1.82, 2.24) is 9.55 Å². The zero-order valence-corrected chi connectivity index (χ0v) is 13.6. The van der Waals surface area contributed by atoms with Gasteiger partial charge in [0.05, 0.1) is 18.1 Å². The van der Waals surface area contributed by atoms with Gasteiger partial charge in [-0.1, -0.05) is 30.3 Å². The number of imidazole rings is 1. The number of benzene rings is 2. The molecule has 0 amide bonds. The van der Waals surface area contributed by atoms with Gasteiger partial charge in [-0.25, -0.2) is 4.98 Å². The van der Waals surface area contributed by atoms with E-state index in [4.69, 9.17) is 9.47 Å². The highest BCUT2D eigenvalue weighted by molar-refractivity contribution is 5.76. The molecule has 0 atom stereocenters. The Bertz CT molecular complexity index is 812. The maximum atomic E-state index is 11.3. The predicted molar refractivity (Wildman–Crippen MR) is 91.8 cm³/mol. The van der Waals surface area contributed by atoms with E-state index in [0.717, 1.165) is 22.6 Å². The molecule has 0 saturated heterocycles. The number of esters is 1. The van der Waals surface area contributed by atoms with Crippen molar-refractivity contribution < 1.29 is 14.3 Å². The molecule has 0 saturated carbocycles. The molecule has 0 unspecified atom stereocenters. The highest BCUT2D eigenvalue weighted by Gasteiger charge is 2.11. The molecule has 1 aromatic heterocycles. The van der Waals surface area contributed by atoms with Crippen LogP contribution in [0.5, 0.6) is 5.75 Å². The standard InChI is InChI=1S/C19H20N2O3/c1-23-19(22)12-7-13-21-17-11-6-5-10-16(17)20-18(21)14-24-15-8-3-2-4-9-15/h2-6,8-11H,7,12-14H2,1H3. The third kappa shape index (κ3) is 3.74. The van der Waals surface area contributed by atoms with Gasteiger partial charge in [0.15, 0.2) is 0 Å². The Labute approximate surface area is 140 Å². The van der Waals surface area contributed by atoms with Gasteiger partial charge in [-0.15, -0.1) is 0 Å². The van der Waals surface area contributed by atoms with Gasteiger partial charge in [0, 0.05) is 13.0 Å². The molecule has 24 heavy (non-hydrogen) atoms. The summed E-state index contributed by atoms with van der Waals surface area (Å²) in [6.07, 6.45) is 1.09. The third-order valence-corrected chi connectivity index (χ3v) is 3.84. The van der Waals surface area contributed by atoms with E-state index >= 15 is 0 Å². The molecule has 0 aliphatic heterocycles. The average molecular weight is 324 g/mol. The lowest BCUT2D eigenvalue weighted by molar-refractivity contribution is -0.140. The molecule has 0 aliphatic rings. The van der Waals surface area contributed by atoms with Crippen LogP contribution in [0.3, 0.4) is 0 Å². The van der Waals surface area contributed by atoms with Gasteiger partial charge >= 0.3 is 5.97 Å². The number of aromatic nitrogens is 2. The first-order valence-electron chi connectivity index (χ1n) is 7.97. The van der Waals surface area contributed by atoms with Crippen LogP contribution in [0.1, 0.15) is 18.7 Å². The summed E-state index contributed by atoms with van der Waals surface area (Å²) in [6, 6.07) is 17.6. The molecule has 1 heterocycles. The Kier molecular flexibility index (Phi) is 5.11. The van der Waals surface area contributed by atoms with Crippen molar-refractivity contribution in [1.29, 1.82) is 0 Å². The lowest BCUT2D eigenvalue weighted by atomic mass is 10.3. The fourth-order valence-corrected chi connectivity index (χ4v) is 2.63. The number of rotatable bonds is 7. The Balaban J connectivity index is 1.78. The number of carbonyl (C=O) groups is 1. The second-order valence-corrected chi connectivity index (χ2v) is 5.45. The van der Waals surface area contributed by atoms with E-state index in [1.165, 1.54) is 7.11 Å². The monoisotopic (exact) mass is 324 g/mol. The summed E-state index contributed by atoms with van der Waals surface area (Å²) in [5, 5.41) is 0. The van der Waals surface area contributed by atoms with Crippen LogP contribution < -0.4 is 4.74 Å². The fraction of sp³-hybridized carbons (Fsp3) is 0.263. The minimum Gasteiger partial charge on any atom is -0.486 e. The summed E-state index contributed by atoms with van der Waals surface area (Å²) in [6.45, 7) is 1.08. The molecule has 3 rings (SSSR count). The van der Waals surface area contributed by atoms with Gasteiger partial charge in [0.1, 0.15) is 18.2 Å². The largest absolute Gasteiger partial charge is 0.486 e. The number of nitrogens with zero attached hydrogens (tertiary/aromatic N) is 2. The molecule has 2 aromatic carbocycles. The SMILES string of the molecule is COC(=O)CCCn1c(COc2ccccc2)nc2ccccc21. The topological polar surface area (TPSA) is 53.4 Å². The Morgan fingerprint density at radius 2 is 1.83 bits per heavy atom. The summed E-state index contributed by atoms with van der Waals surface area (Å²) >= 11 is 0. The molecule has 0 N–H and O–H groups in total. The summed E-state index contributed by atoms with van der Waals surface area (Å²) in [4.78, 5) is 16.0. The van der Waals surface area contributed by atoms with Crippen LogP contribution in [0.25, 0.3) is 11.0 Å². The van der Waals surface area contributed by atoms with Gasteiger partial charge in [-0.2, -0.15) is 0 Å². The Morgan fingerprint density at radius 3 is 2.62 bits per heavy atom. The number of fused-ring (bicyclic) bond motifs is 1. The lowest BCUT2D eigenvalue weighted by Gasteiger charge is -2.10. The fourth-order valence-electron chi connectivity index (χ4n) is 2.63. The van der Waals surface area contributed by atoms with Crippen LogP contribution in [0, 0.1) is 0 Å². The van der Waals surface area contributed by atoms with E-state index in [9.17, 15) is 4.79 Å². The summed E-state index contributed by atoms with van der Waals surface area (Å²) in [5.74, 6) is 1.47. The highest BCUT2D eigenvalue weighted by atomic mass is 16.5. The minimum atomic E-state index is -0.193.